The molecule has 2 N–H and O–H groups in total. The molecule has 0 aromatic carbocycles. The van der Waals surface area contributed by atoms with Gasteiger partial charge in [-0.05, 0) is 19.3 Å². The third kappa shape index (κ3) is 4.81. The standard InChI is InChI=1S/C17H32N4O2/c18-17(21-6-3-1-2-4-7-21)19-13-16(15-5-10-23-14-15)20-8-11-22-12-9-20/h15-16H,1-14H2,(H2,18,19). The summed E-state index contributed by atoms with van der Waals surface area (Å²) in [6, 6.07) is 0.437. The molecule has 2 unspecified atom stereocenters. The predicted molar refractivity (Wildman–Crippen MR) is 91.6 cm³/mol. The fourth-order valence-electron chi connectivity index (χ4n) is 3.91. The van der Waals surface area contributed by atoms with E-state index in [0.717, 1.165) is 71.5 Å². The van der Waals surface area contributed by atoms with Crippen molar-refractivity contribution in [3.63, 3.8) is 0 Å². The summed E-state index contributed by atoms with van der Waals surface area (Å²) in [5, 5.41) is 0. The zero-order chi connectivity index (χ0) is 15.9. The number of nitrogens with two attached hydrogens (primary N) is 1. The van der Waals surface area contributed by atoms with Crippen LogP contribution in [0.5, 0.6) is 0 Å². The first-order valence-corrected chi connectivity index (χ1v) is 9.29. The lowest BCUT2D eigenvalue weighted by Crippen LogP contribution is -2.49. The number of nitrogens with zero attached hydrogens (tertiary/aromatic N) is 3. The van der Waals surface area contributed by atoms with Crippen molar-refractivity contribution in [3.05, 3.63) is 0 Å². The van der Waals surface area contributed by atoms with E-state index in [9.17, 15) is 0 Å². The van der Waals surface area contributed by atoms with Crippen LogP contribution < -0.4 is 5.73 Å². The van der Waals surface area contributed by atoms with Gasteiger partial charge in [-0.25, -0.2) is 0 Å². The lowest BCUT2D eigenvalue weighted by atomic mass is 9.97. The molecule has 2 atom stereocenters. The molecule has 6 heteroatoms. The quantitative estimate of drug-likeness (QED) is 0.615. The number of aliphatic imine (C=N–C) groups is 1. The largest absolute Gasteiger partial charge is 0.381 e. The Morgan fingerprint density at radius 3 is 2.39 bits per heavy atom. The van der Waals surface area contributed by atoms with E-state index in [0.29, 0.717) is 12.0 Å². The van der Waals surface area contributed by atoms with Gasteiger partial charge in [0.15, 0.2) is 5.96 Å². The minimum absolute atomic E-state index is 0.437. The summed E-state index contributed by atoms with van der Waals surface area (Å²) >= 11 is 0. The number of ether oxygens (including phenoxy) is 2. The summed E-state index contributed by atoms with van der Waals surface area (Å²) in [7, 11) is 0. The van der Waals surface area contributed by atoms with Crippen LogP contribution in [0.4, 0.5) is 0 Å². The van der Waals surface area contributed by atoms with Crippen molar-refractivity contribution in [2.45, 2.75) is 38.1 Å². The van der Waals surface area contributed by atoms with Gasteiger partial charge in [0.1, 0.15) is 0 Å². The number of morpholine rings is 1. The van der Waals surface area contributed by atoms with Crippen molar-refractivity contribution >= 4 is 5.96 Å². The molecular weight excluding hydrogens is 292 g/mol. The van der Waals surface area contributed by atoms with Crippen LogP contribution in [-0.4, -0.2) is 81.0 Å². The molecule has 3 aliphatic rings. The second-order valence-electron chi connectivity index (χ2n) is 6.94. The lowest BCUT2D eigenvalue weighted by Gasteiger charge is -2.36. The van der Waals surface area contributed by atoms with Crippen LogP contribution >= 0.6 is 0 Å². The van der Waals surface area contributed by atoms with Gasteiger partial charge >= 0.3 is 0 Å². The van der Waals surface area contributed by atoms with E-state index in [2.05, 4.69) is 9.80 Å². The molecule has 132 valence electrons. The van der Waals surface area contributed by atoms with Crippen LogP contribution in [0.25, 0.3) is 0 Å². The summed E-state index contributed by atoms with van der Waals surface area (Å²) in [6.45, 7) is 8.31. The summed E-state index contributed by atoms with van der Waals surface area (Å²) in [5.41, 5.74) is 6.30. The van der Waals surface area contributed by atoms with Gasteiger partial charge in [0.2, 0.25) is 0 Å². The zero-order valence-electron chi connectivity index (χ0n) is 14.3. The first kappa shape index (κ1) is 17.0. The van der Waals surface area contributed by atoms with Gasteiger partial charge in [-0.3, -0.25) is 9.89 Å². The van der Waals surface area contributed by atoms with E-state index in [1.807, 2.05) is 0 Å². The Hall–Kier alpha value is -0.850. The van der Waals surface area contributed by atoms with Gasteiger partial charge in [-0.15, -0.1) is 0 Å². The molecule has 23 heavy (non-hydrogen) atoms. The number of rotatable bonds is 4. The van der Waals surface area contributed by atoms with Crippen molar-refractivity contribution in [3.8, 4) is 0 Å². The van der Waals surface area contributed by atoms with Crippen LogP contribution in [0.2, 0.25) is 0 Å². The summed E-state index contributed by atoms with van der Waals surface area (Å²) < 4.78 is 11.1. The molecule has 3 heterocycles. The highest BCUT2D eigenvalue weighted by Crippen LogP contribution is 2.22. The maximum Gasteiger partial charge on any atom is 0.191 e. The summed E-state index contributed by atoms with van der Waals surface area (Å²) in [6.07, 6.45) is 6.25. The molecule has 6 nitrogen and oxygen atoms in total. The third-order valence-corrected chi connectivity index (χ3v) is 5.39. The number of hydrogen-bond acceptors (Lipinski definition) is 4. The molecule has 0 bridgehead atoms. The number of hydrogen-bond donors (Lipinski definition) is 1. The second kappa shape index (κ2) is 8.85. The Labute approximate surface area is 140 Å². The topological polar surface area (TPSA) is 63.3 Å². The van der Waals surface area contributed by atoms with E-state index < -0.39 is 0 Å². The second-order valence-corrected chi connectivity index (χ2v) is 6.94. The van der Waals surface area contributed by atoms with Crippen molar-refractivity contribution < 1.29 is 9.47 Å². The van der Waals surface area contributed by atoms with Crippen molar-refractivity contribution in [2.24, 2.45) is 16.6 Å². The number of likely N-dealkylation sites (tertiary alicyclic amines) is 1. The molecule has 3 rings (SSSR count). The van der Waals surface area contributed by atoms with Gasteiger partial charge in [-0.1, -0.05) is 12.8 Å². The molecular formula is C17H32N4O2. The molecule has 0 aliphatic carbocycles. The molecule has 0 amide bonds. The highest BCUT2D eigenvalue weighted by molar-refractivity contribution is 5.78. The van der Waals surface area contributed by atoms with Gasteiger partial charge in [-0.2, -0.15) is 0 Å². The van der Waals surface area contributed by atoms with Crippen LogP contribution in [0, 0.1) is 5.92 Å². The highest BCUT2D eigenvalue weighted by Gasteiger charge is 2.31. The van der Waals surface area contributed by atoms with Crippen LogP contribution in [-0.2, 0) is 9.47 Å². The van der Waals surface area contributed by atoms with Gasteiger partial charge < -0.3 is 20.1 Å². The maximum atomic E-state index is 6.30. The Morgan fingerprint density at radius 2 is 1.74 bits per heavy atom. The van der Waals surface area contributed by atoms with Crippen LogP contribution in [0.15, 0.2) is 4.99 Å². The van der Waals surface area contributed by atoms with Crippen LogP contribution in [0.3, 0.4) is 0 Å². The Kier molecular flexibility index (Phi) is 6.54. The Balaban J connectivity index is 1.60. The predicted octanol–water partition coefficient (Wildman–Crippen LogP) is 0.914. The van der Waals surface area contributed by atoms with E-state index in [1.165, 1.54) is 25.7 Å². The minimum atomic E-state index is 0.437. The molecule has 0 aromatic heterocycles. The van der Waals surface area contributed by atoms with E-state index >= 15 is 0 Å². The molecule has 0 aromatic rings. The fourth-order valence-corrected chi connectivity index (χ4v) is 3.91. The van der Waals surface area contributed by atoms with Crippen LogP contribution in [0.1, 0.15) is 32.1 Å². The van der Waals surface area contributed by atoms with Gasteiger partial charge in [0.25, 0.3) is 0 Å². The lowest BCUT2D eigenvalue weighted by molar-refractivity contribution is 0.00365. The van der Waals surface area contributed by atoms with E-state index in [-0.39, 0.29) is 0 Å². The average molecular weight is 324 g/mol. The summed E-state index contributed by atoms with van der Waals surface area (Å²) in [5.74, 6) is 1.32. The highest BCUT2D eigenvalue weighted by atomic mass is 16.5. The van der Waals surface area contributed by atoms with Crippen molar-refractivity contribution in [2.75, 3.05) is 59.2 Å². The fraction of sp³-hybridized carbons (Fsp3) is 0.941. The van der Waals surface area contributed by atoms with Gasteiger partial charge in [0, 0.05) is 44.7 Å². The normalized spacial score (nSPS) is 29.5. The first-order chi connectivity index (χ1) is 11.3. The molecule has 0 radical (unpaired) electrons. The van der Waals surface area contributed by atoms with E-state index in [4.69, 9.17) is 20.2 Å². The van der Waals surface area contributed by atoms with E-state index in [1.54, 1.807) is 0 Å². The Bertz CT molecular complexity index is 371. The molecule has 3 aliphatic heterocycles. The van der Waals surface area contributed by atoms with Gasteiger partial charge in [0.05, 0.1) is 26.4 Å². The molecule has 3 fully saturated rings. The minimum Gasteiger partial charge on any atom is -0.381 e. The molecule has 3 saturated heterocycles. The zero-order valence-corrected chi connectivity index (χ0v) is 14.3. The smallest absolute Gasteiger partial charge is 0.191 e. The maximum absolute atomic E-state index is 6.30. The average Bonchev–Trinajstić information content (AvgIpc) is 2.97. The van der Waals surface area contributed by atoms with Crippen molar-refractivity contribution in [1.82, 2.24) is 9.80 Å². The SMILES string of the molecule is NC(=NCC(C1CCOC1)N1CCOCC1)N1CCCCCC1. The molecule has 0 spiro atoms. The number of guanidine groups is 1. The molecule has 0 saturated carbocycles. The van der Waals surface area contributed by atoms with Crippen molar-refractivity contribution in [1.29, 1.82) is 0 Å². The third-order valence-electron chi connectivity index (χ3n) is 5.39. The Morgan fingerprint density at radius 1 is 1.00 bits per heavy atom. The first-order valence-electron chi connectivity index (χ1n) is 9.29. The summed E-state index contributed by atoms with van der Waals surface area (Å²) in [4.78, 5) is 9.59. The monoisotopic (exact) mass is 324 g/mol.